The van der Waals surface area contributed by atoms with Crippen molar-refractivity contribution >= 4 is 31.8 Å². The van der Waals surface area contributed by atoms with E-state index in [0.717, 1.165) is 6.26 Å². The number of hydrogen-bond donors (Lipinski definition) is 2. The molecule has 2 aromatic carbocycles. The Morgan fingerprint density at radius 2 is 1.66 bits per heavy atom. The highest BCUT2D eigenvalue weighted by Gasteiger charge is 2.29. The molecular formula is C20H20N4O6S2. The molecule has 0 bridgehead atoms. The molecule has 10 nitrogen and oxygen atoms in total. The van der Waals surface area contributed by atoms with Crippen LogP contribution in [0.3, 0.4) is 0 Å². The lowest BCUT2D eigenvalue weighted by atomic mass is 10.1. The van der Waals surface area contributed by atoms with Crippen LogP contribution in [-0.2, 0) is 19.9 Å². The van der Waals surface area contributed by atoms with Crippen molar-refractivity contribution in [2.45, 2.75) is 16.7 Å². The van der Waals surface area contributed by atoms with Crippen LogP contribution < -0.4 is 14.8 Å². The molecule has 32 heavy (non-hydrogen) atoms. The molecule has 2 amide bonds. The predicted octanol–water partition coefficient (Wildman–Crippen LogP) is 2.37. The number of sulfonamides is 1. The van der Waals surface area contributed by atoms with E-state index in [1.807, 2.05) is 4.72 Å². The molecule has 0 atom stereocenters. The predicted molar refractivity (Wildman–Crippen MR) is 118 cm³/mol. The van der Waals surface area contributed by atoms with Gasteiger partial charge in [0.1, 0.15) is 4.90 Å². The van der Waals surface area contributed by atoms with E-state index < -0.39 is 35.7 Å². The number of benzene rings is 2. The van der Waals surface area contributed by atoms with Gasteiger partial charge in [0.05, 0.1) is 12.0 Å². The molecule has 0 spiro atoms. The first kappa shape index (κ1) is 23.2. The Morgan fingerprint density at radius 3 is 2.28 bits per heavy atom. The number of urea groups is 1. The van der Waals surface area contributed by atoms with Gasteiger partial charge in [-0.05, 0) is 18.6 Å². The van der Waals surface area contributed by atoms with Crippen molar-refractivity contribution in [2.24, 2.45) is 0 Å². The minimum absolute atomic E-state index is 0.127. The molecule has 0 aliphatic heterocycles. The molecule has 0 aliphatic rings. The Kier molecular flexibility index (Phi) is 6.46. The number of hydrogen-bond acceptors (Lipinski definition) is 8. The van der Waals surface area contributed by atoms with Gasteiger partial charge in [0, 0.05) is 23.6 Å². The summed E-state index contributed by atoms with van der Waals surface area (Å²) in [6.45, 7) is 1.64. The van der Waals surface area contributed by atoms with E-state index in [0.29, 0.717) is 11.3 Å². The van der Waals surface area contributed by atoms with E-state index >= 15 is 0 Å². The van der Waals surface area contributed by atoms with Crippen LogP contribution >= 0.6 is 0 Å². The molecule has 0 radical (unpaired) electrons. The maximum absolute atomic E-state index is 13.2. The van der Waals surface area contributed by atoms with Crippen molar-refractivity contribution in [3.05, 3.63) is 60.3 Å². The molecule has 1 heterocycles. The number of nitrogens with one attached hydrogen (secondary N) is 2. The third kappa shape index (κ3) is 5.21. The zero-order valence-electron chi connectivity index (χ0n) is 17.4. The third-order valence-electron chi connectivity index (χ3n) is 4.22. The average Bonchev–Trinajstić information content (AvgIpc) is 2.72. The van der Waals surface area contributed by atoms with Crippen molar-refractivity contribution in [3.63, 3.8) is 0 Å². The van der Waals surface area contributed by atoms with Gasteiger partial charge in [-0.15, -0.1) is 0 Å². The Bertz CT molecular complexity index is 1370. The molecular weight excluding hydrogens is 456 g/mol. The van der Waals surface area contributed by atoms with Crippen molar-refractivity contribution in [1.82, 2.24) is 14.7 Å². The SMILES string of the molecule is COc1cc(C)nc(NC(=O)NS(=O)(=O)c2c(-c3ccccc3)cccc2S(C)(=O)=O)n1. The molecule has 0 saturated carbocycles. The topological polar surface area (TPSA) is 144 Å². The van der Waals surface area contributed by atoms with E-state index in [2.05, 4.69) is 15.3 Å². The van der Waals surface area contributed by atoms with Gasteiger partial charge in [-0.3, -0.25) is 5.32 Å². The van der Waals surface area contributed by atoms with Gasteiger partial charge in [0.15, 0.2) is 9.84 Å². The summed E-state index contributed by atoms with van der Waals surface area (Å²) >= 11 is 0. The van der Waals surface area contributed by atoms with Gasteiger partial charge in [-0.2, -0.15) is 4.98 Å². The summed E-state index contributed by atoms with van der Waals surface area (Å²) < 4.78 is 57.9. The lowest BCUT2D eigenvalue weighted by molar-refractivity contribution is 0.256. The fourth-order valence-electron chi connectivity index (χ4n) is 2.93. The average molecular weight is 477 g/mol. The lowest BCUT2D eigenvalue weighted by Gasteiger charge is -2.15. The van der Waals surface area contributed by atoms with E-state index in [-0.39, 0.29) is 17.4 Å². The smallest absolute Gasteiger partial charge is 0.335 e. The second kappa shape index (κ2) is 8.93. The fourth-order valence-corrected chi connectivity index (χ4v) is 5.69. The van der Waals surface area contributed by atoms with Crippen LogP contribution in [0.5, 0.6) is 5.88 Å². The van der Waals surface area contributed by atoms with E-state index in [1.54, 1.807) is 37.3 Å². The Balaban J connectivity index is 2.04. The Morgan fingerprint density at radius 1 is 0.969 bits per heavy atom. The molecule has 0 fully saturated rings. The van der Waals surface area contributed by atoms with Crippen LogP contribution in [-0.4, -0.2) is 46.2 Å². The quantitative estimate of drug-likeness (QED) is 0.552. The number of methoxy groups -OCH3 is 1. The van der Waals surface area contributed by atoms with Gasteiger partial charge in [0.25, 0.3) is 10.0 Å². The molecule has 3 rings (SSSR count). The van der Waals surface area contributed by atoms with Crippen molar-refractivity contribution < 1.29 is 26.4 Å². The molecule has 168 valence electrons. The molecule has 0 unspecified atom stereocenters. The number of ether oxygens (including phenoxy) is 1. The van der Waals surface area contributed by atoms with Crippen LogP contribution in [0.25, 0.3) is 11.1 Å². The minimum Gasteiger partial charge on any atom is -0.481 e. The van der Waals surface area contributed by atoms with Gasteiger partial charge >= 0.3 is 6.03 Å². The highest BCUT2D eigenvalue weighted by Crippen LogP contribution is 2.32. The zero-order valence-corrected chi connectivity index (χ0v) is 19.0. The van der Waals surface area contributed by atoms with Crippen LogP contribution in [0, 0.1) is 6.92 Å². The molecule has 2 N–H and O–H groups in total. The maximum atomic E-state index is 13.2. The maximum Gasteiger partial charge on any atom is 0.335 e. The largest absolute Gasteiger partial charge is 0.481 e. The zero-order chi connectivity index (χ0) is 23.5. The summed E-state index contributed by atoms with van der Waals surface area (Å²) in [5.41, 5.74) is 1.07. The second-order valence-corrected chi connectivity index (χ2v) is 10.3. The van der Waals surface area contributed by atoms with E-state index in [4.69, 9.17) is 4.74 Å². The summed E-state index contributed by atoms with van der Waals surface area (Å²) in [6.07, 6.45) is 0.892. The summed E-state index contributed by atoms with van der Waals surface area (Å²) in [5.74, 6) is -0.0151. The highest BCUT2D eigenvalue weighted by molar-refractivity contribution is 7.93. The molecule has 0 saturated heterocycles. The lowest BCUT2D eigenvalue weighted by Crippen LogP contribution is -2.36. The number of carbonyl (C=O) groups excluding carboxylic acids is 1. The first-order valence-corrected chi connectivity index (χ1v) is 12.5. The highest BCUT2D eigenvalue weighted by atomic mass is 32.2. The molecule has 3 aromatic rings. The number of nitrogens with zero attached hydrogens (tertiary/aromatic N) is 2. The van der Waals surface area contributed by atoms with Crippen LogP contribution in [0.4, 0.5) is 10.7 Å². The van der Waals surface area contributed by atoms with Gasteiger partial charge < -0.3 is 4.74 Å². The number of aryl methyl sites for hydroxylation is 1. The van der Waals surface area contributed by atoms with E-state index in [9.17, 15) is 21.6 Å². The van der Waals surface area contributed by atoms with Crippen molar-refractivity contribution in [1.29, 1.82) is 0 Å². The minimum atomic E-state index is -4.63. The van der Waals surface area contributed by atoms with Crippen molar-refractivity contribution in [2.75, 3.05) is 18.7 Å². The molecule has 0 aliphatic carbocycles. The summed E-state index contributed by atoms with van der Waals surface area (Å²) in [5, 5.41) is 2.22. The number of sulfone groups is 1. The van der Waals surface area contributed by atoms with Crippen LogP contribution in [0.15, 0.2) is 64.4 Å². The monoisotopic (exact) mass is 476 g/mol. The Hall–Kier alpha value is -3.51. The number of amides is 2. The number of aromatic nitrogens is 2. The van der Waals surface area contributed by atoms with Gasteiger partial charge in [0.2, 0.25) is 11.8 Å². The van der Waals surface area contributed by atoms with Crippen LogP contribution in [0.2, 0.25) is 0 Å². The fraction of sp³-hybridized carbons (Fsp3) is 0.150. The number of anilines is 1. The number of carbonyl (C=O) groups is 1. The number of rotatable bonds is 6. The standard InChI is InChI=1S/C20H20N4O6S2/c1-13-12-17(30-2)22-19(21-13)23-20(25)24-32(28,29)18-15(14-8-5-4-6-9-14)10-7-11-16(18)31(3,26)27/h4-12H,1-3H3,(H2,21,22,23,24,25). The van der Waals surface area contributed by atoms with Gasteiger partial charge in [-0.1, -0.05) is 42.5 Å². The van der Waals surface area contributed by atoms with Crippen LogP contribution in [0.1, 0.15) is 5.69 Å². The third-order valence-corrected chi connectivity index (χ3v) is 6.92. The Labute approximate surface area is 185 Å². The second-order valence-electron chi connectivity index (χ2n) is 6.71. The van der Waals surface area contributed by atoms with Crippen molar-refractivity contribution in [3.8, 4) is 17.0 Å². The normalized spacial score (nSPS) is 11.6. The molecule has 1 aromatic heterocycles. The van der Waals surface area contributed by atoms with Gasteiger partial charge in [-0.25, -0.2) is 31.3 Å². The first-order chi connectivity index (χ1) is 15.0. The summed E-state index contributed by atoms with van der Waals surface area (Å²) in [4.78, 5) is 19.4. The first-order valence-electron chi connectivity index (χ1n) is 9.13. The van der Waals surface area contributed by atoms with E-state index in [1.165, 1.54) is 31.4 Å². The summed E-state index contributed by atoms with van der Waals surface area (Å²) in [7, 11) is -7.20. The summed E-state index contributed by atoms with van der Waals surface area (Å²) in [6, 6.07) is 12.8. The molecule has 12 heteroatoms.